The van der Waals surface area contributed by atoms with Crippen molar-refractivity contribution in [3.63, 3.8) is 0 Å². The minimum Gasteiger partial charge on any atom is -0.299 e. The van der Waals surface area contributed by atoms with Crippen molar-refractivity contribution in [3.05, 3.63) is 65.0 Å². The van der Waals surface area contributed by atoms with Crippen LogP contribution in [0.1, 0.15) is 6.92 Å². The van der Waals surface area contributed by atoms with Gasteiger partial charge in [0.1, 0.15) is 5.78 Å². The molecule has 1 heterocycles. The summed E-state index contributed by atoms with van der Waals surface area (Å²) in [6.07, 6.45) is 0. The number of ketones is 1. The van der Waals surface area contributed by atoms with E-state index in [2.05, 4.69) is 4.98 Å². The third-order valence-corrected chi connectivity index (χ3v) is 4.25. The van der Waals surface area contributed by atoms with Crippen LogP contribution in [0.15, 0.2) is 64.5 Å². The van der Waals surface area contributed by atoms with E-state index in [4.69, 9.17) is 0 Å². The van der Waals surface area contributed by atoms with Gasteiger partial charge in [-0.25, -0.2) is 4.98 Å². The Kier molecular flexibility index (Phi) is 4.06. The normalized spacial score (nSPS) is 10.8. The Labute approximate surface area is 131 Å². The molecule has 0 bridgehead atoms. The Balaban J connectivity index is 2.26. The van der Waals surface area contributed by atoms with E-state index in [1.54, 1.807) is 10.6 Å². The van der Waals surface area contributed by atoms with E-state index in [1.165, 1.54) is 18.7 Å². The van der Waals surface area contributed by atoms with Gasteiger partial charge in [0, 0.05) is 0 Å². The number of para-hydroxylation sites is 2. The van der Waals surface area contributed by atoms with Gasteiger partial charge in [-0.2, -0.15) is 0 Å². The number of aromatic nitrogens is 2. The second-order valence-corrected chi connectivity index (χ2v) is 5.82. The van der Waals surface area contributed by atoms with Gasteiger partial charge in [-0.1, -0.05) is 42.1 Å². The van der Waals surface area contributed by atoms with Gasteiger partial charge in [0.2, 0.25) is 0 Å². The summed E-state index contributed by atoms with van der Waals surface area (Å²) in [6, 6.07) is 16.6. The Morgan fingerprint density at radius 2 is 1.77 bits per heavy atom. The van der Waals surface area contributed by atoms with Gasteiger partial charge >= 0.3 is 0 Å². The molecule has 0 atom stereocenters. The van der Waals surface area contributed by atoms with Crippen molar-refractivity contribution in [2.45, 2.75) is 12.1 Å². The molecular weight excluding hydrogens is 296 g/mol. The largest absolute Gasteiger partial charge is 0.299 e. The van der Waals surface area contributed by atoms with Gasteiger partial charge in [0.05, 0.1) is 22.3 Å². The van der Waals surface area contributed by atoms with Gasteiger partial charge in [-0.15, -0.1) is 0 Å². The molecule has 5 heteroatoms. The molecule has 110 valence electrons. The predicted molar refractivity (Wildman–Crippen MR) is 88.7 cm³/mol. The highest BCUT2D eigenvalue weighted by atomic mass is 32.2. The lowest BCUT2D eigenvalue weighted by Gasteiger charge is -2.12. The van der Waals surface area contributed by atoms with Crippen LogP contribution < -0.4 is 5.56 Å². The molecule has 2 aromatic carbocycles. The van der Waals surface area contributed by atoms with Gasteiger partial charge in [0.25, 0.3) is 5.56 Å². The van der Waals surface area contributed by atoms with Crippen molar-refractivity contribution in [2.75, 3.05) is 5.75 Å². The molecule has 0 radical (unpaired) electrons. The highest BCUT2D eigenvalue weighted by Gasteiger charge is 2.13. The Hall–Kier alpha value is -2.40. The van der Waals surface area contributed by atoms with Gasteiger partial charge < -0.3 is 0 Å². The lowest BCUT2D eigenvalue weighted by molar-refractivity contribution is -0.114. The first kappa shape index (κ1) is 14.5. The first-order chi connectivity index (χ1) is 10.7. The molecule has 22 heavy (non-hydrogen) atoms. The third-order valence-electron chi connectivity index (χ3n) is 3.16. The molecule has 3 rings (SSSR count). The number of fused-ring (bicyclic) bond motifs is 1. The van der Waals surface area contributed by atoms with Crippen LogP contribution in [-0.4, -0.2) is 21.1 Å². The zero-order valence-electron chi connectivity index (χ0n) is 12.0. The number of benzene rings is 2. The van der Waals surface area contributed by atoms with E-state index < -0.39 is 0 Å². The van der Waals surface area contributed by atoms with Gasteiger partial charge in [-0.05, 0) is 31.2 Å². The molecule has 1 aromatic heterocycles. The lowest BCUT2D eigenvalue weighted by atomic mass is 10.2. The summed E-state index contributed by atoms with van der Waals surface area (Å²) in [5.74, 6) is 0.337. The smallest absolute Gasteiger partial charge is 0.266 e. The summed E-state index contributed by atoms with van der Waals surface area (Å²) in [4.78, 5) is 28.7. The number of rotatable bonds is 4. The highest BCUT2D eigenvalue weighted by Crippen LogP contribution is 2.21. The molecule has 0 aliphatic rings. The molecule has 0 amide bonds. The molecular formula is C17H14N2O2S. The van der Waals surface area contributed by atoms with Gasteiger partial charge in [0.15, 0.2) is 5.16 Å². The van der Waals surface area contributed by atoms with E-state index in [1.807, 2.05) is 48.5 Å². The van der Waals surface area contributed by atoms with Crippen LogP contribution in [0.25, 0.3) is 16.6 Å². The zero-order chi connectivity index (χ0) is 15.5. The van der Waals surface area contributed by atoms with Crippen LogP contribution in [0.5, 0.6) is 0 Å². The summed E-state index contributed by atoms with van der Waals surface area (Å²) < 4.78 is 1.57. The molecule has 0 saturated heterocycles. The first-order valence-corrected chi connectivity index (χ1v) is 7.85. The summed E-state index contributed by atoms with van der Waals surface area (Å²) in [5, 5.41) is 1.10. The fourth-order valence-corrected chi connectivity index (χ4v) is 2.99. The highest BCUT2D eigenvalue weighted by molar-refractivity contribution is 7.99. The molecule has 4 nitrogen and oxygen atoms in total. The van der Waals surface area contributed by atoms with Crippen molar-refractivity contribution in [1.29, 1.82) is 0 Å². The second kappa shape index (κ2) is 6.15. The Morgan fingerprint density at radius 1 is 1.09 bits per heavy atom. The van der Waals surface area contributed by atoms with Crippen molar-refractivity contribution in [3.8, 4) is 5.69 Å². The van der Waals surface area contributed by atoms with Crippen LogP contribution in [0, 0.1) is 0 Å². The fourth-order valence-electron chi connectivity index (χ4n) is 2.18. The molecule has 0 unspecified atom stereocenters. The molecule has 0 aliphatic carbocycles. The zero-order valence-corrected chi connectivity index (χ0v) is 12.8. The van der Waals surface area contributed by atoms with Crippen molar-refractivity contribution >= 4 is 28.4 Å². The summed E-state index contributed by atoms with van der Waals surface area (Å²) in [7, 11) is 0. The van der Waals surface area contributed by atoms with E-state index in [9.17, 15) is 9.59 Å². The van der Waals surface area contributed by atoms with Crippen molar-refractivity contribution < 1.29 is 4.79 Å². The number of carbonyl (C=O) groups is 1. The van der Waals surface area contributed by atoms with E-state index >= 15 is 0 Å². The minimum absolute atomic E-state index is 0.0482. The molecule has 0 aliphatic heterocycles. The average molecular weight is 310 g/mol. The maximum Gasteiger partial charge on any atom is 0.266 e. The average Bonchev–Trinajstić information content (AvgIpc) is 2.54. The Morgan fingerprint density at radius 3 is 2.50 bits per heavy atom. The number of nitrogens with zero attached hydrogens (tertiary/aromatic N) is 2. The van der Waals surface area contributed by atoms with Crippen molar-refractivity contribution in [1.82, 2.24) is 9.55 Å². The van der Waals surface area contributed by atoms with E-state index in [0.29, 0.717) is 16.1 Å². The third kappa shape index (κ3) is 2.80. The quantitative estimate of drug-likeness (QED) is 0.549. The summed E-state index contributed by atoms with van der Waals surface area (Å²) in [6.45, 7) is 1.53. The molecule has 3 aromatic rings. The fraction of sp³-hybridized carbons (Fsp3) is 0.118. The van der Waals surface area contributed by atoms with Crippen LogP contribution in [0.2, 0.25) is 0 Å². The lowest BCUT2D eigenvalue weighted by Crippen LogP contribution is -2.22. The maximum absolute atomic E-state index is 12.8. The Bertz CT molecular complexity index is 888. The summed E-state index contributed by atoms with van der Waals surface area (Å²) in [5.41, 5.74) is 1.27. The minimum atomic E-state index is -0.122. The van der Waals surface area contributed by atoms with E-state index in [-0.39, 0.29) is 17.1 Å². The summed E-state index contributed by atoms with van der Waals surface area (Å²) >= 11 is 1.28. The van der Waals surface area contributed by atoms with Crippen LogP contribution in [0.4, 0.5) is 0 Å². The maximum atomic E-state index is 12.8. The second-order valence-electron chi connectivity index (χ2n) is 4.88. The first-order valence-electron chi connectivity index (χ1n) is 6.86. The SMILES string of the molecule is CC(=O)CSc1nc2ccccc2c(=O)n1-c1ccccc1. The number of hydrogen-bond donors (Lipinski definition) is 0. The number of thioether (sulfide) groups is 1. The topological polar surface area (TPSA) is 52.0 Å². The molecule has 0 fully saturated rings. The van der Waals surface area contributed by atoms with Crippen LogP contribution in [-0.2, 0) is 4.79 Å². The molecule has 0 saturated carbocycles. The predicted octanol–water partition coefficient (Wildman–Crippen LogP) is 3.07. The molecule has 0 spiro atoms. The monoisotopic (exact) mass is 310 g/mol. The van der Waals surface area contributed by atoms with Crippen molar-refractivity contribution in [2.24, 2.45) is 0 Å². The standard InChI is InChI=1S/C17H14N2O2S/c1-12(20)11-22-17-18-15-10-6-5-9-14(15)16(21)19(17)13-7-3-2-4-8-13/h2-10H,11H2,1H3. The van der Waals surface area contributed by atoms with Crippen LogP contribution >= 0.6 is 11.8 Å². The number of hydrogen-bond acceptors (Lipinski definition) is 4. The van der Waals surface area contributed by atoms with E-state index in [0.717, 1.165) is 5.69 Å². The van der Waals surface area contributed by atoms with Gasteiger partial charge in [-0.3, -0.25) is 14.2 Å². The number of Topliss-reactive ketones (excluding diaryl/α,β-unsaturated/α-hetero) is 1. The number of carbonyl (C=O) groups excluding carboxylic acids is 1. The van der Waals surface area contributed by atoms with Crippen LogP contribution in [0.3, 0.4) is 0 Å². The molecule has 0 N–H and O–H groups in total.